The molecule has 18 heavy (non-hydrogen) atoms. The molecule has 0 saturated heterocycles. The molecular weight excluding hydrogens is 234 g/mol. The number of rotatable bonds is 7. The number of hydrogen-bond donors (Lipinski definition) is 1. The van der Waals surface area contributed by atoms with Gasteiger partial charge in [0, 0.05) is 7.11 Å². The third-order valence-electron chi connectivity index (χ3n) is 2.94. The first-order chi connectivity index (χ1) is 8.20. The first-order valence-corrected chi connectivity index (χ1v) is 6.15. The minimum atomic E-state index is -0.968. The molecule has 106 valence electrons. The summed E-state index contributed by atoms with van der Waals surface area (Å²) in [5, 5.41) is 2.74. The minimum Gasteiger partial charge on any atom is -0.467 e. The number of nitrogens with one attached hydrogen (secondary N) is 1. The van der Waals surface area contributed by atoms with Crippen LogP contribution in [0.4, 0.5) is 0 Å². The Hall–Kier alpha value is -1.10. The predicted molar refractivity (Wildman–Crippen MR) is 69.2 cm³/mol. The Morgan fingerprint density at radius 3 is 2.11 bits per heavy atom. The predicted octanol–water partition coefficient (Wildman–Crippen LogP) is 1.65. The molecule has 0 heterocycles. The van der Waals surface area contributed by atoms with Gasteiger partial charge >= 0.3 is 5.97 Å². The minimum absolute atomic E-state index is 0.194. The largest absolute Gasteiger partial charge is 0.467 e. The van der Waals surface area contributed by atoms with E-state index in [0.29, 0.717) is 6.42 Å². The standard InChI is InChI=1S/C13H25NO4/c1-7-8-13(4,11(16)17-5)14-10(15)9-12(2,3)18-6/h7-9H2,1-6H3,(H,14,15). The Balaban J connectivity index is 4.70. The molecule has 0 aromatic rings. The van der Waals surface area contributed by atoms with Gasteiger partial charge < -0.3 is 14.8 Å². The van der Waals surface area contributed by atoms with Crippen molar-refractivity contribution in [2.75, 3.05) is 14.2 Å². The lowest BCUT2D eigenvalue weighted by molar-refractivity contribution is -0.151. The summed E-state index contributed by atoms with van der Waals surface area (Å²) in [6.07, 6.45) is 1.51. The van der Waals surface area contributed by atoms with Gasteiger partial charge in [-0.2, -0.15) is 0 Å². The summed E-state index contributed by atoms with van der Waals surface area (Å²) in [5.41, 5.74) is -1.52. The topological polar surface area (TPSA) is 64.6 Å². The van der Waals surface area contributed by atoms with Crippen molar-refractivity contribution in [3.8, 4) is 0 Å². The smallest absolute Gasteiger partial charge is 0.331 e. The van der Waals surface area contributed by atoms with Crippen molar-refractivity contribution in [1.29, 1.82) is 0 Å². The lowest BCUT2D eigenvalue weighted by Gasteiger charge is -2.30. The molecule has 1 amide bonds. The van der Waals surface area contributed by atoms with Crippen LogP contribution in [0.3, 0.4) is 0 Å². The lowest BCUT2D eigenvalue weighted by atomic mass is 9.95. The zero-order valence-corrected chi connectivity index (χ0v) is 12.3. The van der Waals surface area contributed by atoms with E-state index in [1.54, 1.807) is 14.0 Å². The Bertz CT molecular complexity index is 301. The molecule has 0 radical (unpaired) electrons. The van der Waals surface area contributed by atoms with Crippen molar-refractivity contribution in [3.05, 3.63) is 0 Å². The first kappa shape index (κ1) is 16.9. The second-order valence-corrected chi connectivity index (χ2v) is 5.26. The van der Waals surface area contributed by atoms with Crippen molar-refractivity contribution in [2.24, 2.45) is 0 Å². The summed E-state index contributed by atoms with van der Waals surface area (Å²) < 4.78 is 9.93. The van der Waals surface area contributed by atoms with Crippen molar-refractivity contribution in [2.45, 2.75) is 58.1 Å². The highest BCUT2D eigenvalue weighted by Crippen LogP contribution is 2.17. The van der Waals surface area contributed by atoms with Gasteiger partial charge in [0.2, 0.25) is 5.91 Å². The number of carbonyl (C=O) groups excluding carboxylic acids is 2. The van der Waals surface area contributed by atoms with Crippen molar-refractivity contribution < 1.29 is 19.1 Å². The van der Waals surface area contributed by atoms with E-state index in [4.69, 9.17) is 9.47 Å². The van der Waals surface area contributed by atoms with E-state index in [1.165, 1.54) is 7.11 Å². The summed E-state index contributed by atoms with van der Waals surface area (Å²) >= 11 is 0. The van der Waals surface area contributed by atoms with E-state index < -0.39 is 17.1 Å². The van der Waals surface area contributed by atoms with E-state index in [1.807, 2.05) is 20.8 Å². The van der Waals surface area contributed by atoms with Crippen LogP contribution in [0.2, 0.25) is 0 Å². The highest BCUT2D eigenvalue weighted by molar-refractivity contribution is 5.88. The van der Waals surface area contributed by atoms with E-state index in [9.17, 15) is 9.59 Å². The summed E-state index contributed by atoms with van der Waals surface area (Å²) in [4.78, 5) is 23.7. The number of carbonyl (C=O) groups is 2. The van der Waals surface area contributed by atoms with Crippen LogP contribution in [0.5, 0.6) is 0 Å². The molecule has 0 aliphatic heterocycles. The van der Waals surface area contributed by atoms with Gasteiger partial charge in [-0.25, -0.2) is 4.79 Å². The zero-order chi connectivity index (χ0) is 14.4. The first-order valence-electron chi connectivity index (χ1n) is 6.15. The van der Waals surface area contributed by atoms with Gasteiger partial charge in [0.05, 0.1) is 19.1 Å². The monoisotopic (exact) mass is 259 g/mol. The molecule has 0 aromatic carbocycles. The Morgan fingerprint density at radius 2 is 1.72 bits per heavy atom. The normalized spacial score (nSPS) is 14.8. The fourth-order valence-corrected chi connectivity index (χ4v) is 1.75. The Labute approximate surface area is 109 Å². The van der Waals surface area contributed by atoms with Crippen molar-refractivity contribution >= 4 is 11.9 Å². The molecular formula is C13H25NO4. The molecule has 0 rings (SSSR count). The molecule has 1 atom stereocenters. The number of hydrogen-bond acceptors (Lipinski definition) is 4. The highest BCUT2D eigenvalue weighted by Gasteiger charge is 2.36. The van der Waals surface area contributed by atoms with Crippen LogP contribution in [0.15, 0.2) is 0 Å². The van der Waals surface area contributed by atoms with Gasteiger partial charge in [-0.3, -0.25) is 4.79 Å². The van der Waals surface area contributed by atoms with Crippen LogP contribution < -0.4 is 5.32 Å². The van der Waals surface area contributed by atoms with Crippen LogP contribution in [0, 0.1) is 0 Å². The number of methoxy groups -OCH3 is 2. The second kappa shape index (κ2) is 6.73. The maximum absolute atomic E-state index is 11.9. The van der Waals surface area contributed by atoms with E-state index in [2.05, 4.69) is 5.32 Å². The number of ether oxygens (including phenoxy) is 2. The van der Waals surface area contributed by atoms with Crippen LogP contribution in [-0.2, 0) is 19.1 Å². The fraction of sp³-hybridized carbons (Fsp3) is 0.846. The van der Waals surface area contributed by atoms with Crippen LogP contribution >= 0.6 is 0 Å². The van der Waals surface area contributed by atoms with Crippen LogP contribution in [-0.4, -0.2) is 37.2 Å². The molecule has 0 saturated carbocycles. The molecule has 0 fully saturated rings. The zero-order valence-electron chi connectivity index (χ0n) is 12.3. The van der Waals surface area contributed by atoms with Gasteiger partial charge in [0.25, 0.3) is 0 Å². The maximum atomic E-state index is 11.9. The van der Waals surface area contributed by atoms with Gasteiger partial charge in [0.1, 0.15) is 5.54 Å². The SMILES string of the molecule is CCCC(C)(NC(=O)CC(C)(C)OC)C(=O)OC. The Morgan fingerprint density at radius 1 is 1.17 bits per heavy atom. The Kier molecular flexibility index (Phi) is 6.32. The van der Waals surface area contributed by atoms with Gasteiger partial charge in [-0.1, -0.05) is 13.3 Å². The average molecular weight is 259 g/mol. The maximum Gasteiger partial charge on any atom is 0.331 e. The average Bonchev–Trinajstić information content (AvgIpc) is 2.27. The summed E-state index contributed by atoms with van der Waals surface area (Å²) in [6, 6.07) is 0. The van der Waals surface area contributed by atoms with E-state index in [-0.39, 0.29) is 12.3 Å². The molecule has 5 nitrogen and oxygen atoms in total. The third-order valence-corrected chi connectivity index (χ3v) is 2.94. The fourth-order valence-electron chi connectivity index (χ4n) is 1.75. The second-order valence-electron chi connectivity index (χ2n) is 5.26. The summed E-state index contributed by atoms with van der Waals surface area (Å²) in [7, 11) is 2.88. The van der Waals surface area contributed by atoms with Crippen LogP contribution in [0.1, 0.15) is 47.0 Å². The number of amides is 1. The molecule has 0 spiro atoms. The van der Waals surface area contributed by atoms with Gasteiger partial charge in [0.15, 0.2) is 0 Å². The van der Waals surface area contributed by atoms with Gasteiger partial charge in [-0.15, -0.1) is 0 Å². The molecule has 0 bridgehead atoms. The molecule has 5 heteroatoms. The van der Waals surface area contributed by atoms with Crippen molar-refractivity contribution in [1.82, 2.24) is 5.32 Å². The van der Waals surface area contributed by atoms with Crippen molar-refractivity contribution in [3.63, 3.8) is 0 Å². The molecule has 0 aliphatic carbocycles. The molecule has 0 aliphatic rings. The lowest BCUT2D eigenvalue weighted by Crippen LogP contribution is -2.53. The number of esters is 1. The summed E-state index contributed by atoms with van der Waals surface area (Å²) in [6.45, 7) is 7.27. The summed E-state index contributed by atoms with van der Waals surface area (Å²) in [5.74, 6) is -0.642. The van der Waals surface area contributed by atoms with Crippen LogP contribution in [0.25, 0.3) is 0 Å². The van der Waals surface area contributed by atoms with E-state index in [0.717, 1.165) is 6.42 Å². The van der Waals surface area contributed by atoms with Gasteiger partial charge in [-0.05, 0) is 27.2 Å². The molecule has 1 unspecified atom stereocenters. The highest BCUT2D eigenvalue weighted by atomic mass is 16.5. The quantitative estimate of drug-likeness (QED) is 0.706. The third kappa shape index (κ3) is 5.04. The van der Waals surface area contributed by atoms with E-state index >= 15 is 0 Å². The molecule has 0 aromatic heterocycles. The molecule has 1 N–H and O–H groups in total.